The maximum atomic E-state index is 11.2. The van der Waals surface area contributed by atoms with Gasteiger partial charge >= 0.3 is 12.1 Å². The molecule has 0 aliphatic carbocycles. The minimum Gasteiger partial charge on any atom is -0.476 e. The molecule has 1 atom stereocenters. The van der Waals surface area contributed by atoms with Crippen LogP contribution < -0.4 is 5.32 Å². The zero-order valence-electron chi connectivity index (χ0n) is 11.0. The summed E-state index contributed by atoms with van der Waals surface area (Å²) < 4.78 is 6.51. The maximum absolute atomic E-state index is 11.2. The highest BCUT2D eigenvalue weighted by molar-refractivity contribution is 5.86. The number of nitrogens with zero attached hydrogens (tertiary/aromatic N) is 3. The SMILES string of the molecule is CC(C)(C)c1c(C(=O)O)nnn1CC1CNC(=O)O1. The maximum Gasteiger partial charge on any atom is 0.407 e. The van der Waals surface area contributed by atoms with Crippen molar-refractivity contribution in [2.75, 3.05) is 6.54 Å². The van der Waals surface area contributed by atoms with Crippen molar-refractivity contribution in [2.24, 2.45) is 0 Å². The first kappa shape index (κ1) is 13.3. The molecule has 1 amide bonds. The number of alkyl carbamates (subject to hydrolysis) is 1. The average Bonchev–Trinajstić information content (AvgIpc) is 2.84. The van der Waals surface area contributed by atoms with Gasteiger partial charge in [-0.15, -0.1) is 5.10 Å². The number of hydrogen-bond donors (Lipinski definition) is 2. The summed E-state index contributed by atoms with van der Waals surface area (Å²) in [7, 11) is 0. The van der Waals surface area contributed by atoms with E-state index in [1.807, 2.05) is 20.8 Å². The van der Waals surface area contributed by atoms with E-state index in [-0.39, 0.29) is 18.3 Å². The van der Waals surface area contributed by atoms with Gasteiger partial charge in [0, 0.05) is 5.41 Å². The summed E-state index contributed by atoms with van der Waals surface area (Å²) in [6.07, 6.45) is -0.835. The van der Waals surface area contributed by atoms with Gasteiger partial charge in [-0.05, 0) is 0 Å². The molecule has 1 aliphatic rings. The molecule has 0 saturated carbocycles. The topological polar surface area (TPSA) is 106 Å². The Morgan fingerprint density at radius 2 is 2.26 bits per heavy atom. The summed E-state index contributed by atoms with van der Waals surface area (Å²) in [6.45, 7) is 6.31. The van der Waals surface area contributed by atoms with Gasteiger partial charge in [0.1, 0.15) is 6.10 Å². The largest absolute Gasteiger partial charge is 0.476 e. The molecule has 104 valence electrons. The van der Waals surface area contributed by atoms with Crippen LogP contribution in [0.1, 0.15) is 37.0 Å². The second-order valence-corrected chi connectivity index (χ2v) is 5.43. The van der Waals surface area contributed by atoms with Crippen molar-refractivity contribution in [3.63, 3.8) is 0 Å². The predicted octanol–water partition coefficient (Wildman–Crippen LogP) is 0.382. The number of rotatable bonds is 3. The Bertz CT molecular complexity index is 517. The molecule has 0 spiro atoms. The predicted molar refractivity (Wildman–Crippen MR) is 64.0 cm³/mol. The molecule has 1 aliphatic heterocycles. The van der Waals surface area contributed by atoms with Crippen molar-refractivity contribution in [2.45, 2.75) is 38.8 Å². The summed E-state index contributed by atoms with van der Waals surface area (Å²) in [5.41, 5.74) is 0.0283. The Morgan fingerprint density at radius 1 is 1.58 bits per heavy atom. The average molecular weight is 268 g/mol. The fraction of sp³-hybridized carbons (Fsp3) is 0.636. The molecule has 1 aromatic rings. The fourth-order valence-corrected chi connectivity index (χ4v) is 2.05. The number of carboxylic acids is 1. The Hall–Kier alpha value is -2.12. The van der Waals surface area contributed by atoms with Crippen LogP contribution in [0.5, 0.6) is 0 Å². The second kappa shape index (κ2) is 4.52. The molecular formula is C11H16N4O4. The van der Waals surface area contributed by atoms with Crippen molar-refractivity contribution >= 4 is 12.1 Å². The first-order valence-corrected chi connectivity index (χ1v) is 5.91. The Kier molecular flexibility index (Phi) is 3.17. The number of carbonyl (C=O) groups is 2. The van der Waals surface area contributed by atoms with Crippen LogP contribution in [0.2, 0.25) is 0 Å². The van der Waals surface area contributed by atoms with Gasteiger partial charge in [0.25, 0.3) is 0 Å². The van der Waals surface area contributed by atoms with Gasteiger partial charge in [-0.3, -0.25) is 0 Å². The zero-order valence-corrected chi connectivity index (χ0v) is 11.0. The molecule has 8 nitrogen and oxygen atoms in total. The number of amides is 1. The van der Waals surface area contributed by atoms with E-state index in [4.69, 9.17) is 9.84 Å². The lowest BCUT2D eigenvalue weighted by Gasteiger charge is -2.21. The number of carbonyl (C=O) groups excluding carboxylic acids is 1. The highest BCUT2D eigenvalue weighted by Crippen LogP contribution is 2.25. The van der Waals surface area contributed by atoms with Gasteiger partial charge in [-0.2, -0.15) is 0 Å². The summed E-state index contributed by atoms with van der Waals surface area (Å²) in [6, 6.07) is 0. The smallest absolute Gasteiger partial charge is 0.407 e. The van der Waals surface area contributed by atoms with Crippen molar-refractivity contribution in [1.29, 1.82) is 0 Å². The summed E-state index contributed by atoms with van der Waals surface area (Å²) in [4.78, 5) is 22.1. The quantitative estimate of drug-likeness (QED) is 0.821. The highest BCUT2D eigenvalue weighted by Gasteiger charge is 2.31. The van der Waals surface area contributed by atoms with E-state index in [1.54, 1.807) is 0 Å². The van der Waals surface area contributed by atoms with Crippen LogP contribution >= 0.6 is 0 Å². The number of cyclic esters (lactones) is 1. The van der Waals surface area contributed by atoms with Crippen LogP contribution in [-0.2, 0) is 16.7 Å². The lowest BCUT2D eigenvalue weighted by atomic mass is 9.90. The lowest BCUT2D eigenvalue weighted by Crippen LogP contribution is -2.27. The third-order valence-corrected chi connectivity index (χ3v) is 2.77. The third-order valence-electron chi connectivity index (χ3n) is 2.77. The molecule has 2 heterocycles. The van der Waals surface area contributed by atoms with Crippen LogP contribution in [0.25, 0.3) is 0 Å². The van der Waals surface area contributed by atoms with Gasteiger partial charge in [0.05, 0.1) is 18.8 Å². The summed E-state index contributed by atoms with van der Waals surface area (Å²) >= 11 is 0. The van der Waals surface area contributed by atoms with Crippen LogP contribution in [0.3, 0.4) is 0 Å². The van der Waals surface area contributed by atoms with Crippen LogP contribution in [0.15, 0.2) is 0 Å². The Balaban J connectivity index is 2.30. The van der Waals surface area contributed by atoms with Crippen molar-refractivity contribution in [3.05, 3.63) is 11.4 Å². The molecule has 2 N–H and O–H groups in total. The molecule has 1 unspecified atom stereocenters. The second-order valence-electron chi connectivity index (χ2n) is 5.43. The number of hydrogen-bond acceptors (Lipinski definition) is 5. The monoisotopic (exact) mass is 268 g/mol. The van der Waals surface area contributed by atoms with Gasteiger partial charge in [-0.1, -0.05) is 26.0 Å². The van der Waals surface area contributed by atoms with Crippen LogP contribution in [0.4, 0.5) is 4.79 Å². The molecule has 1 saturated heterocycles. The van der Waals surface area contributed by atoms with E-state index in [9.17, 15) is 9.59 Å². The van der Waals surface area contributed by atoms with E-state index in [1.165, 1.54) is 4.68 Å². The van der Waals surface area contributed by atoms with E-state index in [0.717, 1.165) is 0 Å². The summed E-state index contributed by atoms with van der Waals surface area (Å²) in [5, 5.41) is 19.2. The molecule has 0 aromatic carbocycles. The summed E-state index contributed by atoms with van der Waals surface area (Å²) in [5.74, 6) is -1.11. The van der Waals surface area contributed by atoms with E-state index >= 15 is 0 Å². The molecule has 0 bridgehead atoms. The third kappa shape index (κ3) is 2.67. The van der Waals surface area contributed by atoms with E-state index in [0.29, 0.717) is 12.2 Å². The van der Waals surface area contributed by atoms with Crippen LogP contribution in [-0.4, -0.2) is 44.8 Å². The van der Waals surface area contributed by atoms with Gasteiger partial charge in [0.15, 0.2) is 5.69 Å². The standard InChI is InChI=1S/C11H16N4O4/c1-11(2,3)8-7(9(16)17)13-14-15(8)5-6-4-12-10(18)19-6/h6H,4-5H2,1-3H3,(H,12,18)(H,16,17). The highest BCUT2D eigenvalue weighted by atomic mass is 16.6. The normalized spacial score (nSPS) is 19.1. The molecule has 19 heavy (non-hydrogen) atoms. The zero-order chi connectivity index (χ0) is 14.2. The van der Waals surface area contributed by atoms with Gasteiger partial charge in [0.2, 0.25) is 0 Å². The number of ether oxygens (including phenoxy) is 1. The molecule has 1 fully saturated rings. The first-order valence-electron chi connectivity index (χ1n) is 5.91. The number of aromatic carboxylic acids is 1. The first-order chi connectivity index (χ1) is 8.79. The number of carboxylic acid groups (broad SMARTS) is 1. The number of aromatic nitrogens is 3. The molecule has 1 aromatic heterocycles. The minimum atomic E-state index is -1.11. The Morgan fingerprint density at radius 3 is 2.74 bits per heavy atom. The van der Waals surface area contributed by atoms with Crippen molar-refractivity contribution in [3.8, 4) is 0 Å². The lowest BCUT2D eigenvalue weighted by molar-refractivity contribution is 0.0686. The van der Waals surface area contributed by atoms with E-state index < -0.39 is 17.5 Å². The van der Waals surface area contributed by atoms with Gasteiger partial charge < -0.3 is 15.2 Å². The van der Waals surface area contributed by atoms with Crippen molar-refractivity contribution in [1.82, 2.24) is 20.3 Å². The molecular weight excluding hydrogens is 252 g/mol. The fourth-order valence-electron chi connectivity index (χ4n) is 2.05. The van der Waals surface area contributed by atoms with Crippen molar-refractivity contribution < 1.29 is 19.4 Å². The van der Waals surface area contributed by atoms with Gasteiger partial charge in [-0.25, -0.2) is 14.3 Å². The molecule has 2 rings (SSSR count). The molecule has 0 radical (unpaired) electrons. The Labute approximate surface area is 109 Å². The number of nitrogens with one attached hydrogen (secondary N) is 1. The minimum absolute atomic E-state index is 0.0650. The van der Waals surface area contributed by atoms with Crippen LogP contribution in [0, 0.1) is 0 Å². The molecule has 8 heteroatoms. The van der Waals surface area contributed by atoms with E-state index in [2.05, 4.69) is 15.6 Å².